The second-order valence-corrected chi connectivity index (χ2v) is 5.29. The van der Waals surface area contributed by atoms with Crippen LogP contribution in [0, 0.1) is 0 Å². The Kier molecular flexibility index (Phi) is 4.37. The van der Waals surface area contributed by atoms with Gasteiger partial charge in [0.2, 0.25) is 0 Å². The summed E-state index contributed by atoms with van der Waals surface area (Å²) in [5.41, 5.74) is 0.866. The Morgan fingerprint density at radius 2 is 1.43 bits per heavy atom. The zero-order valence-electron chi connectivity index (χ0n) is 7.38. The third kappa shape index (κ3) is 2.70. The van der Waals surface area contributed by atoms with Crippen molar-refractivity contribution < 1.29 is 15.6 Å². The van der Waals surface area contributed by atoms with E-state index in [9.17, 15) is 0 Å². The van der Waals surface area contributed by atoms with E-state index in [2.05, 4.69) is 0 Å². The summed E-state index contributed by atoms with van der Waals surface area (Å²) in [6.07, 6.45) is 0.261. The Morgan fingerprint density at radius 3 is 1.86 bits per heavy atom. The van der Waals surface area contributed by atoms with Gasteiger partial charge < -0.3 is 0 Å². The summed E-state index contributed by atoms with van der Waals surface area (Å²) in [4.78, 5) is 0. The predicted molar refractivity (Wildman–Crippen MR) is 51.8 cm³/mol. The highest BCUT2D eigenvalue weighted by Gasteiger charge is 2.38. The van der Waals surface area contributed by atoms with Crippen LogP contribution in [0.25, 0.3) is 0 Å². The standard InChI is InChI=1S/C7H13N3O3P/c11-8-14(9-12,10-13)6-7-4-2-1-3-5-7/h1-5,8-13H,6H2/q+1. The van der Waals surface area contributed by atoms with E-state index in [0.29, 0.717) is 0 Å². The van der Waals surface area contributed by atoms with Crippen LogP contribution in [-0.4, -0.2) is 15.6 Å². The summed E-state index contributed by atoms with van der Waals surface area (Å²) >= 11 is 0. The third-order valence-corrected chi connectivity index (χ3v) is 3.64. The number of hydrogen-bond donors (Lipinski definition) is 6. The molecule has 0 aliphatic heterocycles. The van der Waals surface area contributed by atoms with Gasteiger partial charge in [-0.25, -0.2) is 0 Å². The van der Waals surface area contributed by atoms with Crippen molar-refractivity contribution in [2.24, 2.45) is 0 Å². The van der Waals surface area contributed by atoms with Gasteiger partial charge in [-0.05, 0) is 21.3 Å². The highest BCUT2D eigenvalue weighted by molar-refractivity contribution is 7.68. The highest BCUT2D eigenvalue weighted by atomic mass is 31.2. The maximum atomic E-state index is 8.79. The van der Waals surface area contributed by atoms with Crippen LogP contribution in [-0.2, 0) is 6.16 Å². The fraction of sp³-hybridized carbons (Fsp3) is 0.143. The van der Waals surface area contributed by atoms with Crippen LogP contribution in [0.2, 0.25) is 0 Å². The molecule has 0 fully saturated rings. The lowest BCUT2D eigenvalue weighted by atomic mass is 10.2. The fourth-order valence-electron chi connectivity index (χ4n) is 1.03. The van der Waals surface area contributed by atoms with Gasteiger partial charge in [0.25, 0.3) is 0 Å². The number of nitrogens with one attached hydrogen (secondary N) is 3. The van der Waals surface area contributed by atoms with Gasteiger partial charge in [-0.1, -0.05) is 30.3 Å². The molecule has 7 heteroatoms. The molecule has 0 aliphatic carbocycles. The van der Waals surface area contributed by atoms with Gasteiger partial charge in [0, 0.05) is 0 Å². The Morgan fingerprint density at radius 1 is 0.929 bits per heavy atom. The largest absolute Gasteiger partial charge is 0.300 e. The minimum Gasteiger partial charge on any atom is -0.282 e. The first-order valence-electron chi connectivity index (χ1n) is 3.92. The van der Waals surface area contributed by atoms with Crippen LogP contribution in [0.1, 0.15) is 5.56 Å². The molecule has 78 valence electrons. The fourth-order valence-corrected chi connectivity index (χ4v) is 2.14. The molecule has 6 nitrogen and oxygen atoms in total. The molecule has 0 spiro atoms. The lowest BCUT2D eigenvalue weighted by molar-refractivity contribution is 0.168. The first kappa shape index (κ1) is 11.5. The van der Waals surface area contributed by atoms with Gasteiger partial charge in [0.05, 0.1) is 0 Å². The first-order chi connectivity index (χ1) is 6.76. The van der Waals surface area contributed by atoms with E-state index in [0.717, 1.165) is 5.56 Å². The summed E-state index contributed by atoms with van der Waals surface area (Å²) in [6, 6.07) is 9.16. The van der Waals surface area contributed by atoms with E-state index < -0.39 is 7.71 Å². The Labute approximate surface area is 81.9 Å². The van der Waals surface area contributed by atoms with E-state index in [1.54, 1.807) is 0 Å². The summed E-state index contributed by atoms with van der Waals surface area (Å²) in [6.45, 7) is 0. The van der Waals surface area contributed by atoms with Crippen LogP contribution in [0.4, 0.5) is 0 Å². The summed E-state index contributed by atoms with van der Waals surface area (Å²) < 4.78 is 0. The molecular formula is C7H13N3O3P+. The molecule has 0 radical (unpaired) electrons. The lowest BCUT2D eigenvalue weighted by Gasteiger charge is -2.18. The average Bonchev–Trinajstić information content (AvgIpc) is 2.28. The summed E-state index contributed by atoms with van der Waals surface area (Å²) in [5, 5.41) is 31.9. The molecule has 0 unspecified atom stereocenters. The maximum absolute atomic E-state index is 8.79. The predicted octanol–water partition coefficient (Wildman–Crippen LogP) is 0.886. The summed E-state index contributed by atoms with van der Waals surface area (Å²) in [7, 11) is -2.74. The molecule has 0 amide bonds. The zero-order chi connectivity index (χ0) is 10.4. The molecule has 0 heterocycles. The molecule has 1 aromatic rings. The minimum atomic E-state index is -2.74. The van der Waals surface area contributed by atoms with Crippen molar-refractivity contribution in [3.8, 4) is 0 Å². The van der Waals surface area contributed by atoms with E-state index in [1.807, 2.05) is 46.1 Å². The second kappa shape index (κ2) is 5.33. The zero-order valence-corrected chi connectivity index (χ0v) is 8.28. The SMILES string of the molecule is ON[P+](Cc1ccccc1)(NO)NO. The van der Waals surface area contributed by atoms with Crippen molar-refractivity contribution in [3.63, 3.8) is 0 Å². The van der Waals surface area contributed by atoms with E-state index in [1.165, 1.54) is 0 Å². The van der Waals surface area contributed by atoms with Crippen molar-refractivity contribution in [1.29, 1.82) is 0 Å². The molecule has 6 N–H and O–H groups in total. The molecule has 0 atom stereocenters. The van der Waals surface area contributed by atoms with E-state index in [-0.39, 0.29) is 6.16 Å². The molecule has 14 heavy (non-hydrogen) atoms. The van der Waals surface area contributed by atoms with E-state index in [4.69, 9.17) is 15.6 Å². The monoisotopic (exact) mass is 218 g/mol. The molecule has 0 aromatic heterocycles. The molecule has 0 saturated carbocycles. The van der Waals surface area contributed by atoms with Gasteiger partial charge in [-0.3, -0.25) is 15.6 Å². The van der Waals surface area contributed by atoms with Gasteiger partial charge >= 0.3 is 7.71 Å². The van der Waals surface area contributed by atoms with Crippen LogP contribution in [0.5, 0.6) is 0 Å². The van der Waals surface area contributed by atoms with Crippen LogP contribution in [0.3, 0.4) is 0 Å². The normalized spacial score (nSPS) is 11.6. The van der Waals surface area contributed by atoms with Crippen molar-refractivity contribution in [1.82, 2.24) is 15.8 Å². The molecule has 1 aromatic carbocycles. The van der Waals surface area contributed by atoms with E-state index >= 15 is 0 Å². The second-order valence-electron chi connectivity index (χ2n) is 2.75. The summed E-state index contributed by atoms with van der Waals surface area (Å²) in [5.74, 6) is 0. The van der Waals surface area contributed by atoms with Crippen molar-refractivity contribution >= 4 is 7.71 Å². The number of benzene rings is 1. The van der Waals surface area contributed by atoms with Crippen molar-refractivity contribution in [3.05, 3.63) is 35.9 Å². The topological polar surface area (TPSA) is 96.8 Å². The van der Waals surface area contributed by atoms with Crippen molar-refractivity contribution in [2.75, 3.05) is 0 Å². The van der Waals surface area contributed by atoms with Crippen LogP contribution >= 0.6 is 7.71 Å². The quantitative estimate of drug-likeness (QED) is 0.324. The molecule has 0 bridgehead atoms. The van der Waals surface area contributed by atoms with Gasteiger partial charge in [0.15, 0.2) is 0 Å². The van der Waals surface area contributed by atoms with Gasteiger partial charge in [-0.15, -0.1) is 0 Å². The molecule has 0 aliphatic rings. The molecule has 0 saturated heterocycles. The Balaban J connectivity index is 2.74. The lowest BCUT2D eigenvalue weighted by Crippen LogP contribution is -2.34. The average molecular weight is 218 g/mol. The Bertz CT molecular complexity index is 260. The third-order valence-electron chi connectivity index (χ3n) is 1.77. The minimum absolute atomic E-state index is 0.261. The molecular weight excluding hydrogens is 205 g/mol. The first-order valence-corrected chi connectivity index (χ1v) is 5.90. The van der Waals surface area contributed by atoms with Crippen LogP contribution in [0.15, 0.2) is 30.3 Å². The van der Waals surface area contributed by atoms with Crippen molar-refractivity contribution in [2.45, 2.75) is 6.16 Å². The highest BCUT2D eigenvalue weighted by Crippen LogP contribution is 2.46. The number of hydrogen-bond acceptors (Lipinski definition) is 6. The van der Waals surface area contributed by atoms with Gasteiger partial charge in [-0.2, -0.15) is 0 Å². The van der Waals surface area contributed by atoms with Crippen LogP contribution < -0.4 is 15.8 Å². The Hall–Kier alpha value is -0.590. The smallest absolute Gasteiger partial charge is 0.282 e. The van der Waals surface area contributed by atoms with Gasteiger partial charge in [0.1, 0.15) is 6.16 Å². The number of rotatable bonds is 5. The molecule has 1 rings (SSSR count). The maximum Gasteiger partial charge on any atom is 0.300 e.